The molecule has 2 amide bonds. The van der Waals surface area contributed by atoms with Gasteiger partial charge in [0.1, 0.15) is 5.75 Å². The number of carbonyl (C=O) groups excluding carboxylic acids is 2. The zero-order valence-corrected chi connectivity index (χ0v) is 22.2. The Kier molecular flexibility index (Phi) is 8.36. The molecule has 2 N–H and O–H groups in total. The van der Waals surface area contributed by atoms with Crippen molar-refractivity contribution >= 4 is 101 Å². The fourth-order valence-corrected chi connectivity index (χ4v) is 4.30. The molecule has 0 aliphatic heterocycles. The second-order valence-electron chi connectivity index (χ2n) is 6.27. The molecule has 0 aromatic heterocycles. The number of rotatable bonds is 5. The summed E-state index contributed by atoms with van der Waals surface area (Å²) in [4.78, 5) is 25.7. The van der Waals surface area contributed by atoms with Crippen molar-refractivity contribution in [3.05, 3.63) is 82.6 Å². The predicted molar refractivity (Wildman–Crippen MR) is 137 cm³/mol. The molecule has 0 saturated heterocycles. The van der Waals surface area contributed by atoms with Gasteiger partial charge in [-0.3, -0.25) is 9.59 Å². The Morgan fingerprint density at radius 1 is 0.750 bits per heavy atom. The number of nitrogens with one attached hydrogen (secondary N) is 2. The number of hydrogen-bond acceptors (Lipinski definition) is 3. The number of hydrogen-bond donors (Lipinski definition) is 2. The summed E-state index contributed by atoms with van der Waals surface area (Å²) in [5.74, 6) is -0.767. The van der Waals surface area contributed by atoms with Crippen LogP contribution in [0.1, 0.15) is 20.7 Å². The van der Waals surface area contributed by atoms with Crippen LogP contribution in [0.2, 0.25) is 20.1 Å². The molecule has 0 heterocycles. The molecule has 0 atom stereocenters. The Labute approximate surface area is 220 Å². The van der Waals surface area contributed by atoms with E-state index in [1.165, 1.54) is 25.3 Å². The van der Waals surface area contributed by atoms with Gasteiger partial charge in [0.05, 0.1) is 44.1 Å². The van der Waals surface area contributed by atoms with Crippen LogP contribution in [0, 0.1) is 0 Å². The lowest BCUT2D eigenvalue weighted by Crippen LogP contribution is -2.17. The Bertz CT molecular complexity index is 1240. The van der Waals surface area contributed by atoms with Crippen molar-refractivity contribution in [2.45, 2.75) is 0 Å². The molecule has 3 aromatic carbocycles. The van der Waals surface area contributed by atoms with E-state index < -0.39 is 11.8 Å². The molecule has 0 saturated carbocycles. The molecular formula is C21H12Br2Cl4N2O3. The smallest absolute Gasteiger partial charge is 0.259 e. The SMILES string of the molecule is COc1ccc(C(=O)Nc2ccc(Br)c(Cl)c2Cl)cc1C(=O)Nc1ccc(Br)c(Cl)c1Cl. The quantitative estimate of drug-likeness (QED) is 0.275. The van der Waals surface area contributed by atoms with Crippen molar-refractivity contribution in [2.24, 2.45) is 0 Å². The first-order chi connectivity index (χ1) is 15.1. The fraction of sp³-hybridized carbons (Fsp3) is 0.0476. The third-order valence-corrected chi connectivity index (χ3v) is 7.82. The molecule has 3 aromatic rings. The van der Waals surface area contributed by atoms with Gasteiger partial charge in [-0.05, 0) is 74.3 Å². The van der Waals surface area contributed by atoms with Gasteiger partial charge in [0.15, 0.2) is 0 Å². The number of anilines is 2. The Morgan fingerprint density at radius 2 is 1.25 bits per heavy atom. The van der Waals surface area contributed by atoms with E-state index in [1.54, 1.807) is 24.3 Å². The average molecular weight is 642 g/mol. The number of methoxy groups -OCH3 is 1. The monoisotopic (exact) mass is 638 g/mol. The van der Waals surface area contributed by atoms with Crippen LogP contribution in [0.15, 0.2) is 51.4 Å². The summed E-state index contributed by atoms with van der Waals surface area (Å²) < 4.78 is 6.46. The van der Waals surface area contributed by atoms with Gasteiger partial charge in [-0.2, -0.15) is 0 Å². The van der Waals surface area contributed by atoms with Crippen LogP contribution in [0.3, 0.4) is 0 Å². The molecule has 11 heteroatoms. The van der Waals surface area contributed by atoms with E-state index in [0.29, 0.717) is 20.3 Å². The molecule has 32 heavy (non-hydrogen) atoms. The normalized spacial score (nSPS) is 10.6. The summed E-state index contributed by atoms with van der Waals surface area (Å²) in [6, 6.07) is 10.9. The number of halogens is 6. The summed E-state index contributed by atoms with van der Waals surface area (Å²) in [5.41, 5.74) is 0.946. The first kappa shape index (κ1) is 25.1. The van der Waals surface area contributed by atoms with Crippen molar-refractivity contribution in [3.8, 4) is 5.75 Å². The molecule has 3 rings (SSSR count). The summed E-state index contributed by atoms with van der Waals surface area (Å²) in [7, 11) is 1.42. The highest BCUT2D eigenvalue weighted by Crippen LogP contribution is 2.37. The van der Waals surface area contributed by atoms with Gasteiger partial charge in [0.25, 0.3) is 11.8 Å². The Balaban J connectivity index is 1.90. The molecule has 0 spiro atoms. The maximum absolute atomic E-state index is 12.9. The zero-order chi connectivity index (χ0) is 23.6. The molecule has 0 aliphatic carbocycles. The summed E-state index contributed by atoms with van der Waals surface area (Å²) >= 11 is 31.2. The third-order valence-electron chi connectivity index (χ3n) is 4.27. The lowest BCUT2D eigenvalue weighted by Gasteiger charge is -2.14. The minimum absolute atomic E-state index is 0.121. The molecule has 0 bridgehead atoms. The van der Waals surface area contributed by atoms with E-state index in [9.17, 15) is 9.59 Å². The topological polar surface area (TPSA) is 67.4 Å². The van der Waals surface area contributed by atoms with Gasteiger partial charge in [-0.15, -0.1) is 0 Å². The summed E-state index contributed by atoms with van der Waals surface area (Å²) in [6.45, 7) is 0. The van der Waals surface area contributed by atoms with Gasteiger partial charge in [-0.25, -0.2) is 0 Å². The van der Waals surface area contributed by atoms with Crippen molar-refractivity contribution in [1.82, 2.24) is 0 Å². The van der Waals surface area contributed by atoms with E-state index in [0.717, 1.165) is 0 Å². The van der Waals surface area contributed by atoms with Crippen molar-refractivity contribution < 1.29 is 14.3 Å². The molecule has 0 aliphatic rings. The van der Waals surface area contributed by atoms with Crippen LogP contribution >= 0.6 is 78.3 Å². The first-order valence-corrected chi connectivity index (χ1v) is 11.8. The van der Waals surface area contributed by atoms with Crippen molar-refractivity contribution in [1.29, 1.82) is 0 Å². The van der Waals surface area contributed by atoms with Crippen LogP contribution in [-0.4, -0.2) is 18.9 Å². The molecule has 0 unspecified atom stereocenters. The number of amides is 2. The maximum Gasteiger partial charge on any atom is 0.259 e. The minimum atomic E-state index is -0.540. The van der Waals surface area contributed by atoms with Crippen LogP contribution in [0.4, 0.5) is 11.4 Å². The molecule has 0 fully saturated rings. The number of ether oxygens (including phenoxy) is 1. The maximum atomic E-state index is 12.9. The van der Waals surface area contributed by atoms with Gasteiger partial charge in [-0.1, -0.05) is 46.4 Å². The van der Waals surface area contributed by atoms with Crippen LogP contribution in [0.25, 0.3) is 0 Å². The third kappa shape index (κ3) is 5.35. The van der Waals surface area contributed by atoms with Gasteiger partial charge in [0.2, 0.25) is 0 Å². The Hall–Kier alpha value is -1.48. The second-order valence-corrected chi connectivity index (χ2v) is 9.49. The van der Waals surface area contributed by atoms with Crippen molar-refractivity contribution in [2.75, 3.05) is 17.7 Å². The largest absolute Gasteiger partial charge is 0.496 e. The summed E-state index contributed by atoms with van der Waals surface area (Å²) in [5, 5.41) is 6.23. The van der Waals surface area contributed by atoms with Crippen LogP contribution < -0.4 is 15.4 Å². The fourth-order valence-electron chi connectivity index (χ4n) is 2.66. The van der Waals surface area contributed by atoms with Crippen molar-refractivity contribution in [3.63, 3.8) is 0 Å². The first-order valence-electron chi connectivity index (χ1n) is 8.71. The lowest BCUT2D eigenvalue weighted by molar-refractivity contribution is 0.102. The second kappa shape index (κ2) is 10.6. The minimum Gasteiger partial charge on any atom is -0.496 e. The lowest BCUT2D eigenvalue weighted by atomic mass is 10.1. The van der Waals surface area contributed by atoms with E-state index in [4.69, 9.17) is 51.1 Å². The van der Waals surface area contributed by atoms with E-state index in [2.05, 4.69) is 42.5 Å². The number of benzene rings is 3. The highest BCUT2D eigenvalue weighted by Gasteiger charge is 2.19. The number of carbonyl (C=O) groups is 2. The highest BCUT2D eigenvalue weighted by atomic mass is 79.9. The zero-order valence-electron chi connectivity index (χ0n) is 16.0. The molecule has 0 radical (unpaired) electrons. The molecular weight excluding hydrogens is 630 g/mol. The average Bonchev–Trinajstić information content (AvgIpc) is 2.79. The van der Waals surface area contributed by atoms with E-state index in [1.807, 2.05) is 0 Å². The van der Waals surface area contributed by atoms with Crippen LogP contribution in [0.5, 0.6) is 5.75 Å². The van der Waals surface area contributed by atoms with Gasteiger partial charge in [0, 0.05) is 14.5 Å². The van der Waals surface area contributed by atoms with Gasteiger partial charge < -0.3 is 15.4 Å². The van der Waals surface area contributed by atoms with Crippen LogP contribution in [-0.2, 0) is 0 Å². The summed E-state index contributed by atoms with van der Waals surface area (Å²) in [6.07, 6.45) is 0. The predicted octanol–water partition coefficient (Wildman–Crippen LogP) is 8.34. The standard InChI is InChI=1S/C21H12Br2Cl4N2O3/c1-32-15-7-2-9(20(30)28-13-5-3-11(22)16(24)18(13)26)8-10(15)21(31)29-14-6-4-12(23)17(25)19(14)27/h2-8H,1H3,(H,28,30)(H,29,31). The Morgan fingerprint density at radius 3 is 1.75 bits per heavy atom. The van der Waals surface area contributed by atoms with Gasteiger partial charge >= 0.3 is 0 Å². The highest BCUT2D eigenvalue weighted by molar-refractivity contribution is 9.10. The van der Waals surface area contributed by atoms with E-state index >= 15 is 0 Å². The van der Waals surface area contributed by atoms with E-state index in [-0.39, 0.29) is 37.0 Å². The molecule has 5 nitrogen and oxygen atoms in total. The molecule has 166 valence electrons.